The molecule has 4 bridgehead atoms. The molecule has 114 valence electrons. The molecule has 0 radical (unpaired) electrons. The smallest absolute Gasteiger partial charge is 0.222 e. The van der Waals surface area contributed by atoms with Crippen LogP contribution in [-0.2, 0) is 11.3 Å². The fraction of sp³-hybridized carbons (Fsp3) is 0.765. The minimum absolute atomic E-state index is 0.145. The summed E-state index contributed by atoms with van der Waals surface area (Å²) < 4.78 is 1.87. The van der Waals surface area contributed by atoms with Gasteiger partial charge in [0.2, 0.25) is 5.91 Å². The van der Waals surface area contributed by atoms with E-state index < -0.39 is 0 Å². The summed E-state index contributed by atoms with van der Waals surface area (Å²) in [6.07, 6.45) is 12.3. The number of nitrogens with zero attached hydrogens (tertiary/aromatic N) is 2. The van der Waals surface area contributed by atoms with Gasteiger partial charge >= 0.3 is 0 Å². The number of aromatic nitrogens is 2. The number of aryl methyl sites for hydroxylation is 2. The van der Waals surface area contributed by atoms with Gasteiger partial charge in [-0.05, 0) is 68.8 Å². The molecule has 21 heavy (non-hydrogen) atoms. The zero-order chi connectivity index (χ0) is 14.4. The maximum atomic E-state index is 12.4. The molecule has 4 aliphatic carbocycles. The van der Waals surface area contributed by atoms with Gasteiger partial charge in [0, 0.05) is 24.7 Å². The Hall–Kier alpha value is -1.32. The van der Waals surface area contributed by atoms with Gasteiger partial charge in [-0.1, -0.05) is 0 Å². The largest absolute Gasteiger partial charge is 0.351 e. The molecule has 0 saturated heterocycles. The average Bonchev–Trinajstić information content (AvgIpc) is 2.80. The molecule has 1 heterocycles. The molecule has 0 atom stereocenters. The van der Waals surface area contributed by atoms with Crippen LogP contribution in [0.5, 0.6) is 0 Å². The summed E-state index contributed by atoms with van der Waals surface area (Å²) in [4.78, 5) is 12.4. The zero-order valence-corrected chi connectivity index (χ0v) is 12.8. The van der Waals surface area contributed by atoms with E-state index in [0.29, 0.717) is 13.0 Å². The Balaban J connectivity index is 1.36. The van der Waals surface area contributed by atoms with E-state index >= 15 is 0 Å². The van der Waals surface area contributed by atoms with Crippen LogP contribution in [0.2, 0.25) is 0 Å². The van der Waals surface area contributed by atoms with Gasteiger partial charge in [-0.15, -0.1) is 0 Å². The quantitative estimate of drug-likeness (QED) is 0.925. The fourth-order valence-corrected chi connectivity index (χ4v) is 5.43. The Labute approximate surface area is 126 Å². The normalized spacial score (nSPS) is 36.9. The summed E-state index contributed by atoms with van der Waals surface area (Å²) >= 11 is 0. The SMILES string of the molecule is Cc1cnn(CCC(=O)NC23CC4CC(CC(C4)C2)C3)c1. The Morgan fingerprint density at radius 3 is 2.43 bits per heavy atom. The second kappa shape index (κ2) is 4.85. The summed E-state index contributed by atoms with van der Waals surface area (Å²) in [6, 6.07) is 0. The molecule has 0 aliphatic heterocycles. The predicted octanol–water partition coefficient (Wildman–Crippen LogP) is 2.67. The third-order valence-corrected chi connectivity index (χ3v) is 5.77. The molecule has 0 aromatic carbocycles. The van der Waals surface area contributed by atoms with Crippen molar-refractivity contribution in [2.45, 2.75) is 64.0 Å². The molecular formula is C17H25N3O. The highest BCUT2D eigenvalue weighted by molar-refractivity contribution is 5.76. The standard InChI is InChI=1S/C17H25N3O/c1-12-10-18-20(11-12)3-2-16(21)19-17-7-13-4-14(8-17)6-15(5-13)9-17/h10-11,13-15H,2-9H2,1H3,(H,19,21). The van der Waals surface area contributed by atoms with Gasteiger partial charge in [0.15, 0.2) is 0 Å². The van der Waals surface area contributed by atoms with Gasteiger partial charge in [0.05, 0.1) is 6.20 Å². The van der Waals surface area contributed by atoms with E-state index in [9.17, 15) is 4.79 Å². The van der Waals surface area contributed by atoms with Crippen LogP contribution in [0.25, 0.3) is 0 Å². The first kappa shape index (κ1) is 13.4. The van der Waals surface area contributed by atoms with Crippen molar-refractivity contribution in [3.8, 4) is 0 Å². The summed E-state index contributed by atoms with van der Waals surface area (Å²) in [7, 11) is 0. The maximum absolute atomic E-state index is 12.4. The van der Waals surface area contributed by atoms with Crippen LogP contribution in [-0.4, -0.2) is 21.2 Å². The van der Waals surface area contributed by atoms with Crippen LogP contribution in [0.4, 0.5) is 0 Å². The third-order valence-electron chi connectivity index (χ3n) is 5.77. The number of rotatable bonds is 4. The minimum Gasteiger partial charge on any atom is -0.351 e. The lowest BCUT2D eigenvalue weighted by Gasteiger charge is -2.56. The fourth-order valence-electron chi connectivity index (χ4n) is 5.43. The summed E-state index contributed by atoms with van der Waals surface area (Å²) in [5.41, 5.74) is 1.29. The van der Waals surface area contributed by atoms with Crippen LogP contribution in [0.15, 0.2) is 12.4 Å². The molecule has 1 aromatic heterocycles. The van der Waals surface area contributed by atoms with Crippen LogP contribution in [0, 0.1) is 24.7 Å². The Morgan fingerprint density at radius 2 is 1.90 bits per heavy atom. The van der Waals surface area contributed by atoms with Crippen molar-refractivity contribution in [2.75, 3.05) is 0 Å². The highest BCUT2D eigenvalue weighted by Gasteiger charge is 2.51. The molecule has 0 unspecified atom stereocenters. The lowest BCUT2D eigenvalue weighted by atomic mass is 9.53. The van der Waals surface area contributed by atoms with E-state index in [-0.39, 0.29) is 11.4 Å². The Kier molecular flexibility index (Phi) is 3.09. The molecular weight excluding hydrogens is 262 g/mol. The first-order valence-electron chi connectivity index (χ1n) is 8.40. The van der Waals surface area contributed by atoms with Crippen molar-refractivity contribution in [3.63, 3.8) is 0 Å². The number of carbonyl (C=O) groups is 1. The molecule has 0 spiro atoms. The summed E-state index contributed by atoms with van der Waals surface area (Å²) in [6.45, 7) is 2.71. The van der Waals surface area contributed by atoms with Crippen molar-refractivity contribution in [2.24, 2.45) is 17.8 Å². The minimum atomic E-state index is 0.145. The second-order valence-electron chi connectivity index (χ2n) is 7.78. The van der Waals surface area contributed by atoms with E-state index in [0.717, 1.165) is 23.3 Å². The Morgan fingerprint density at radius 1 is 1.29 bits per heavy atom. The monoisotopic (exact) mass is 287 g/mol. The second-order valence-corrected chi connectivity index (χ2v) is 7.78. The summed E-state index contributed by atoms with van der Waals surface area (Å²) in [5, 5.41) is 7.67. The van der Waals surface area contributed by atoms with Gasteiger partial charge < -0.3 is 5.32 Å². The van der Waals surface area contributed by atoms with E-state index in [1.54, 1.807) is 0 Å². The first-order valence-corrected chi connectivity index (χ1v) is 8.40. The topological polar surface area (TPSA) is 46.9 Å². The number of hydrogen-bond acceptors (Lipinski definition) is 2. The number of nitrogens with one attached hydrogen (secondary N) is 1. The van der Waals surface area contributed by atoms with E-state index in [1.165, 1.54) is 38.5 Å². The van der Waals surface area contributed by atoms with Crippen molar-refractivity contribution in [1.29, 1.82) is 0 Å². The van der Waals surface area contributed by atoms with Crippen molar-refractivity contribution in [3.05, 3.63) is 18.0 Å². The van der Waals surface area contributed by atoms with Gasteiger partial charge in [-0.2, -0.15) is 5.10 Å². The molecule has 4 fully saturated rings. The van der Waals surface area contributed by atoms with Crippen LogP contribution in [0.1, 0.15) is 50.5 Å². The predicted molar refractivity (Wildman–Crippen MR) is 80.6 cm³/mol. The molecule has 4 aliphatic rings. The highest BCUT2D eigenvalue weighted by Crippen LogP contribution is 2.55. The maximum Gasteiger partial charge on any atom is 0.222 e. The number of amides is 1. The first-order chi connectivity index (χ1) is 10.1. The molecule has 4 heteroatoms. The molecule has 1 aromatic rings. The molecule has 5 rings (SSSR count). The number of carbonyl (C=O) groups excluding carboxylic acids is 1. The molecule has 1 amide bonds. The third kappa shape index (κ3) is 2.60. The lowest BCUT2D eigenvalue weighted by molar-refractivity contribution is -0.127. The molecule has 4 saturated carbocycles. The zero-order valence-electron chi connectivity index (χ0n) is 12.8. The van der Waals surface area contributed by atoms with E-state index in [4.69, 9.17) is 0 Å². The van der Waals surface area contributed by atoms with Gasteiger partial charge in [-0.3, -0.25) is 9.48 Å². The van der Waals surface area contributed by atoms with E-state index in [1.807, 2.05) is 24.0 Å². The average molecular weight is 287 g/mol. The van der Waals surface area contributed by atoms with Crippen LogP contribution < -0.4 is 5.32 Å². The highest BCUT2D eigenvalue weighted by atomic mass is 16.1. The van der Waals surface area contributed by atoms with Gasteiger partial charge in [0.25, 0.3) is 0 Å². The lowest BCUT2D eigenvalue weighted by Crippen LogP contribution is -2.59. The molecule has 1 N–H and O–H groups in total. The van der Waals surface area contributed by atoms with Crippen LogP contribution >= 0.6 is 0 Å². The van der Waals surface area contributed by atoms with E-state index in [2.05, 4.69) is 10.4 Å². The van der Waals surface area contributed by atoms with Crippen molar-refractivity contribution < 1.29 is 4.79 Å². The van der Waals surface area contributed by atoms with Crippen LogP contribution in [0.3, 0.4) is 0 Å². The van der Waals surface area contributed by atoms with Crippen molar-refractivity contribution >= 4 is 5.91 Å². The van der Waals surface area contributed by atoms with Gasteiger partial charge in [0.1, 0.15) is 0 Å². The summed E-state index contributed by atoms with van der Waals surface area (Å²) in [5.74, 6) is 2.85. The molecule has 4 nitrogen and oxygen atoms in total. The number of hydrogen-bond donors (Lipinski definition) is 1. The Bertz CT molecular complexity index is 513. The van der Waals surface area contributed by atoms with Crippen molar-refractivity contribution in [1.82, 2.24) is 15.1 Å². The van der Waals surface area contributed by atoms with Gasteiger partial charge in [-0.25, -0.2) is 0 Å².